The van der Waals surface area contributed by atoms with Crippen molar-refractivity contribution in [2.24, 2.45) is 11.3 Å². The summed E-state index contributed by atoms with van der Waals surface area (Å²) in [6, 6.07) is 30.0. The average Bonchev–Trinajstić information content (AvgIpc) is 4.24. The van der Waals surface area contributed by atoms with E-state index < -0.39 is 12.1 Å². The van der Waals surface area contributed by atoms with Gasteiger partial charge in [0, 0.05) is 6.54 Å². The maximum Gasteiger partial charge on any atom is 0.407 e. The van der Waals surface area contributed by atoms with Gasteiger partial charge in [-0.3, -0.25) is 14.5 Å². The number of carbonyl (C=O) groups is 4. The number of aldehydes is 1. The highest BCUT2D eigenvalue weighted by Gasteiger charge is 2.40. The standard InChI is InChI=1S/C40H45N7O.C7H13NO3.C6H6.C2H4O2/c1-41-24-37(48)47-19-7-9-36(47)39-43-32-15-11-26(21-34(32)45-39)28-13-12-27(29-22-40(23-30(28)29)16-4-3-5-17-40)25-10-14-31-33(20-25)44-38(42-31)35-8-6-18-46(35)2;1-5(2)6(4-9)8-7(10)11-3;1-2-4-6-5-3-1;1-4-2-3/h7,9-15,20-21,35-36,41H,3-6,8,16-19,22-24H2,1-2H3,(H,42,44)(H,43,45);4-6H,1-3H3,(H,8,10);1-6H;2H,1H3. The lowest BCUT2D eigenvalue weighted by Crippen LogP contribution is -2.39. The van der Waals surface area contributed by atoms with E-state index in [0.717, 1.165) is 59.5 Å². The van der Waals surface area contributed by atoms with E-state index in [1.807, 2.05) is 62.2 Å². The zero-order valence-electron chi connectivity index (χ0n) is 40.9. The van der Waals surface area contributed by atoms with Crippen molar-refractivity contribution in [2.45, 2.75) is 89.8 Å². The molecule has 0 radical (unpaired) electrons. The van der Waals surface area contributed by atoms with E-state index in [4.69, 9.17) is 14.8 Å². The van der Waals surface area contributed by atoms with Gasteiger partial charge in [-0.15, -0.1) is 0 Å². The highest BCUT2D eigenvalue weighted by atomic mass is 16.5. The predicted octanol–water partition coefficient (Wildman–Crippen LogP) is 9.29. The van der Waals surface area contributed by atoms with Gasteiger partial charge in [-0.2, -0.15) is 0 Å². The quantitative estimate of drug-likeness (QED) is 0.0766. The zero-order valence-corrected chi connectivity index (χ0v) is 40.9. The van der Waals surface area contributed by atoms with Gasteiger partial charge in [-0.25, -0.2) is 14.8 Å². The van der Waals surface area contributed by atoms with Gasteiger partial charge in [-0.05, 0) is 128 Å². The number of likely N-dealkylation sites (N-methyl/N-ethyl adjacent to an activating group) is 1. The first-order chi connectivity index (χ1) is 33.5. The average molecular weight is 937 g/mol. The molecule has 2 aromatic heterocycles. The summed E-state index contributed by atoms with van der Waals surface area (Å²) in [4.78, 5) is 64.2. The zero-order chi connectivity index (χ0) is 48.9. The van der Waals surface area contributed by atoms with Crippen molar-refractivity contribution in [3.05, 3.63) is 120 Å². The molecule has 364 valence electrons. The summed E-state index contributed by atoms with van der Waals surface area (Å²) in [7, 11) is 6.59. The lowest BCUT2D eigenvalue weighted by atomic mass is 9.72. The number of likely N-dealkylation sites (tertiary alicyclic amines) is 1. The Bertz CT molecular complexity index is 2680. The largest absolute Gasteiger partial charge is 0.471 e. The molecule has 2 fully saturated rings. The van der Waals surface area contributed by atoms with Crippen LogP contribution in [0.4, 0.5) is 4.79 Å². The van der Waals surface area contributed by atoms with E-state index in [0.29, 0.717) is 37.3 Å². The Balaban J connectivity index is 0.000000279. The summed E-state index contributed by atoms with van der Waals surface area (Å²) >= 11 is 0. The smallest absolute Gasteiger partial charge is 0.407 e. The minimum Gasteiger partial charge on any atom is -0.471 e. The second kappa shape index (κ2) is 23.6. The molecule has 0 bridgehead atoms. The monoisotopic (exact) mass is 937 g/mol. The molecule has 4 N–H and O–H groups in total. The van der Waals surface area contributed by atoms with E-state index in [9.17, 15) is 14.4 Å². The van der Waals surface area contributed by atoms with E-state index >= 15 is 0 Å². The molecule has 2 aliphatic heterocycles. The van der Waals surface area contributed by atoms with Gasteiger partial charge in [0.25, 0.3) is 6.47 Å². The second-order valence-electron chi connectivity index (χ2n) is 18.9. The number of carbonyl (C=O) groups excluding carboxylic acids is 4. The summed E-state index contributed by atoms with van der Waals surface area (Å²) in [5.41, 5.74) is 12.8. The van der Waals surface area contributed by atoms with Gasteiger partial charge in [0.05, 0.1) is 54.9 Å². The number of aromatic nitrogens is 4. The molecule has 3 atom stereocenters. The summed E-state index contributed by atoms with van der Waals surface area (Å²) in [5, 5.41) is 5.38. The Morgan fingerprint density at radius 1 is 0.826 bits per heavy atom. The predicted molar refractivity (Wildman–Crippen MR) is 271 cm³/mol. The van der Waals surface area contributed by atoms with Gasteiger partial charge < -0.3 is 39.8 Å². The van der Waals surface area contributed by atoms with Gasteiger partial charge in [0.1, 0.15) is 24.0 Å². The molecular weight excluding hydrogens is 869 g/mol. The maximum absolute atomic E-state index is 12.8. The summed E-state index contributed by atoms with van der Waals surface area (Å²) in [6.07, 6.45) is 15.6. The van der Waals surface area contributed by atoms with Crippen LogP contribution in [-0.2, 0) is 36.7 Å². The molecule has 14 nitrogen and oxygen atoms in total. The molecule has 3 unspecified atom stereocenters. The summed E-state index contributed by atoms with van der Waals surface area (Å²) in [5.74, 6) is 2.09. The first-order valence-corrected chi connectivity index (χ1v) is 24.2. The third-order valence-corrected chi connectivity index (χ3v) is 13.9. The molecule has 4 aliphatic rings. The van der Waals surface area contributed by atoms with Crippen molar-refractivity contribution in [1.82, 2.24) is 40.4 Å². The molecule has 2 aliphatic carbocycles. The molecule has 2 amide bonds. The van der Waals surface area contributed by atoms with Crippen molar-refractivity contribution < 1.29 is 28.7 Å². The number of nitrogens with zero attached hydrogens (tertiary/aromatic N) is 4. The molecule has 1 saturated heterocycles. The molecule has 4 aromatic carbocycles. The number of rotatable bonds is 10. The van der Waals surface area contributed by atoms with Crippen LogP contribution in [0, 0.1) is 11.3 Å². The van der Waals surface area contributed by atoms with Crippen LogP contribution in [0.1, 0.15) is 93.7 Å². The van der Waals surface area contributed by atoms with Crippen molar-refractivity contribution in [2.75, 3.05) is 47.9 Å². The molecule has 14 heteroatoms. The van der Waals surface area contributed by atoms with E-state index in [1.54, 1.807) is 0 Å². The van der Waals surface area contributed by atoms with Crippen LogP contribution in [0.15, 0.2) is 97.1 Å². The fraction of sp³-hybridized carbons (Fsp3) is 0.418. The van der Waals surface area contributed by atoms with Crippen LogP contribution >= 0.6 is 0 Å². The van der Waals surface area contributed by atoms with Crippen molar-refractivity contribution in [1.29, 1.82) is 0 Å². The van der Waals surface area contributed by atoms with Crippen LogP contribution in [0.5, 0.6) is 0 Å². The molecule has 1 spiro atoms. The normalized spacial score (nSPS) is 18.3. The lowest BCUT2D eigenvalue weighted by Gasteiger charge is -2.33. The second-order valence-corrected chi connectivity index (χ2v) is 18.9. The number of fused-ring (bicyclic) bond motifs is 3. The highest BCUT2D eigenvalue weighted by Crippen LogP contribution is 2.52. The third-order valence-electron chi connectivity index (χ3n) is 13.9. The molecule has 6 aromatic rings. The number of benzene rings is 4. The van der Waals surface area contributed by atoms with Crippen LogP contribution in [0.25, 0.3) is 44.3 Å². The number of aromatic amines is 2. The first kappa shape index (κ1) is 50.2. The van der Waals surface area contributed by atoms with Gasteiger partial charge >= 0.3 is 6.09 Å². The Morgan fingerprint density at radius 3 is 1.88 bits per heavy atom. The van der Waals surface area contributed by atoms with Crippen LogP contribution < -0.4 is 10.6 Å². The highest BCUT2D eigenvalue weighted by molar-refractivity contribution is 5.88. The van der Waals surface area contributed by atoms with Gasteiger partial charge in [0.15, 0.2) is 0 Å². The van der Waals surface area contributed by atoms with E-state index in [2.05, 4.69) is 103 Å². The summed E-state index contributed by atoms with van der Waals surface area (Å²) in [6.45, 7) is 6.13. The van der Waals surface area contributed by atoms with Crippen molar-refractivity contribution in [3.63, 3.8) is 0 Å². The van der Waals surface area contributed by atoms with Gasteiger partial charge in [0.2, 0.25) is 5.91 Å². The minimum absolute atomic E-state index is 0.0782. The topological polar surface area (TPSA) is 175 Å². The molecule has 4 heterocycles. The third kappa shape index (κ3) is 12.0. The SMILES string of the molecule is CNCC(=O)N1CC=CC1c1nc2ccc(-c3ccc(-c4ccc5nc(C6CCCN6C)[nH]c5c4)c4c3CC3(CCCCC3)C4)cc2[nH]1.COC(=O)NC(C=O)C(C)C.COC=O.c1ccccc1. The molecule has 1 saturated carbocycles. The summed E-state index contributed by atoms with van der Waals surface area (Å²) < 4.78 is 8.18. The number of hydrogen-bond donors (Lipinski definition) is 4. The number of H-pyrrole nitrogens is 2. The van der Waals surface area contributed by atoms with Crippen molar-refractivity contribution in [3.8, 4) is 22.3 Å². The minimum atomic E-state index is -0.573. The Morgan fingerprint density at radius 2 is 1.39 bits per heavy atom. The molecule has 10 rings (SSSR count). The number of alkyl carbamates (subject to hydrolysis) is 1. The first-order valence-electron chi connectivity index (χ1n) is 24.2. The molecule has 69 heavy (non-hydrogen) atoms. The van der Waals surface area contributed by atoms with Crippen LogP contribution in [-0.4, -0.2) is 108 Å². The number of imidazole rings is 2. The number of methoxy groups -OCH3 is 2. The number of ether oxygens (including phenoxy) is 2. The van der Waals surface area contributed by atoms with E-state index in [1.165, 1.54) is 86.1 Å². The fourth-order valence-electron chi connectivity index (χ4n) is 10.3. The van der Waals surface area contributed by atoms with Gasteiger partial charge in [-0.1, -0.05) is 106 Å². The Kier molecular flexibility index (Phi) is 17.2. The lowest BCUT2D eigenvalue weighted by molar-refractivity contribution is -0.130. The van der Waals surface area contributed by atoms with Crippen LogP contribution in [0.2, 0.25) is 0 Å². The van der Waals surface area contributed by atoms with E-state index in [-0.39, 0.29) is 17.9 Å². The number of nitrogens with one attached hydrogen (secondary N) is 4. The number of amides is 2. The molecular formula is C55H68N8O6. The maximum atomic E-state index is 12.8. The fourth-order valence-corrected chi connectivity index (χ4v) is 10.3. The van der Waals surface area contributed by atoms with Crippen LogP contribution in [0.3, 0.4) is 0 Å². The number of hydrogen-bond acceptors (Lipinski definition) is 10. The van der Waals surface area contributed by atoms with Crippen molar-refractivity contribution >= 4 is 46.8 Å². The Labute approximate surface area is 405 Å². The Hall–Kier alpha value is -6.64.